The van der Waals surface area contributed by atoms with Crippen molar-refractivity contribution >= 4 is 28.9 Å². The van der Waals surface area contributed by atoms with E-state index in [0.29, 0.717) is 5.96 Å². The first-order valence-electron chi connectivity index (χ1n) is 10.2. The van der Waals surface area contributed by atoms with Crippen LogP contribution in [0.15, 0.2) is 40.7 Å². The van der Waals surface area contributed by atoms with Crippen molar-refractivity contribution in [2.45, 2.75) is 20.3 Å². The number of rotatable bonds is 7. The van der Waals surface area contributed by atoms with Gasteiger partial charge in [0.2, 0.25) is 5.91 Å². The number of aliphatic imine (C=N–C) groups is 1. The van der Waals surface area contributed by atoms with Crippen molar-refractivity contribution in [2.24, 2.45) is 4.99 Å². The summed E-state index contributed by atoms with van der Waals surface area (Å²) in [6.07, 6.45) is 0.837. The molecule has 0 spiro atoms. The monoisotopic (exact) mass is 414 g/mol. The van der Waals surface area contributed by atoms with Gasteiger partial charge in [-0.15, -0.1) is 11.3 Å². The lowest BCUT2D eigenvalue weighted by Gasteiger charge is -2.36. The van der Waals surface area contributed by atoms with E-state index in [2.05, 4.69) is 43.0 Å². The first kappa shape index (κ1) is 21.1. The van der Waals surface area contributed by atoms with Gasteiger partial charge in [-0.2, -0.15) is 0 Å². The summed E-state index contributed by atoms with van der Waals surface area (Å²) in [5.74, 6) is 0.751. The zero-order valence-corrected chi connectivity index (χ0v) is 18.0. The van der Waals surface area contributed by atoms with Crippen molar-refractivity contribution in [3.05, 3.63) is 46.4 Å². The van der Waals surface area contributed by atoms with Crippen LogP contribution in [0.25, 0.3) is 0 Å². The zero-order chi connectivity index (χ0) is 20.5. The Morgan fingerprint density at radius 1 is 1.17 bits per heavy atom. The predicted octanol–water partition coefficient (Wildman–Crippen LogP) is 1.90. The molecule has 1 aromatic carbocycles. The number of hydrogen-bond donors (Lipinski definition) is 2. The van der Waals surface area contributed by atoms with Gasteiger partial charge in [0.05, 0.1) is 10.7 Å². The van der Waals surface area contributed by atoms with E-state index in [-0.39, 0.29) is 12.5 Å². The summed E-state index contributed by atoms with van der Waals surface area (Å²) in [5.41, 5.74) is 2.30. The summed E-state index contributed by atoms with van der Waals surface area (Å²) >= 11 is 1.66. The van der Waals surface area contributed by atoms with Crippen molar-refractivity contribution in [2.75, 3.05) is 50.7 Å². The Kier molecular flexibility index (Phi) is 7.86. The maximum Gasteiger partial charge on any atom is 0.244 e. The van der Waals surface area contributed by atoms with Gasteiger partial charge in [-0.25, -0.2) is 9.98 Å². The first-order chi connectivity index (χ1) is 14.2. The summed E-state index contributed by atoms with van der Waals surface area (Å²) in [6.45, 7) is 8.85. The minimum absolute atomic E-state index is 0.0741. The Labute approximate surface area is 176 Å². The molecule has 0 saturated carbocycles. The number of aromatic nitrogens is 1. The lowest BCUT2D eigenvalue weighted by molar-refractivity contribution is -0.129. The molecule has 1 aliphatic heterocycles. The van der Waals surface area contributed by atoms with Crippen molar-refractivity contribution in [1.29, 1.82) is 0 Å². The highest BCUT2D eigenvalue weighted by Gasteiger charge is 2.20. The maximum absolute atomic E-state index is 12.6. The molecule has 1 saturated heterocycles. The number of hydrogen-bond acceptors (Lipinski definition) is 5. The molecule has 1 amide bonds. The van der Waals surface area contributed by atoms with Crippen LogP contribution < -0.4 is 15.5 Å². The van der Waals surface area contributed by atoms with E-state index in [4.69, 9.17) is 0 Å². The number of thiazole rings is 1. The molecule has 1 aliphatic rings. The Hall–Kier alpha value is -2.61. The largest absolute Gasteiger partial charge is 0.368 e. The molecule has 2 aromatic rings. The molecule has 7 nitrogen and oxygen atoms in total. The van der Waals surface area contributed by atoms with Crippen LogP contribution in [0, 0.1) is 6.92 Å². The topological polar surface area (TPSA) is 72.9 Å². The smallest absolute Gasteiger partial charge is 0.244 e. The Morgan fingerprint density at radius 3 is 2.59 bits per heavy atom. The Morgan fingerprint density at radius 2 is 1.93 bits per heavy atom. The molecule has 2 heterocycles. The SMILES string of the molecule is CCNC(=NCC(=O)N1CCN(c2ccccc2)CC1)NCCc1csc(C)n1. The molecule has 2 N–H and O–H groups in total. The zero-order valence-electron chi connectivity index (χ0n) is 17.2. The lowest BCUT2D eigenvalue weighted by Crippen LogP contribution is -2.49. The normalized spacial score (nSPS) is 14.8. The van der Waals surface area contributed by atoms with Crippen LogP contribution in [0.3, 0.4) is 0 Å². The molecule has 156 valence electrons. The minimum atomic E-state index is 0.0741. The molecule has 0 atom stereocenters. The molecule has 0 radical (unpaired) electrons. The van der Waals surface area contributed by atoms with Gasteiger partial charge in [-0.1, -0.05) is 18.2 Å². The summed E-state index contributed by atoms with van der Waals surface area (Å²) in [4.78, 5) is 25.8. The fourth-order valence-electron chi connectivity index (χ4n) is 3.27. The number of piperazine rings is 1. The van der Waals surface area contributed by atoms with Gasteiger partial charge in [0, 0.05) is 56.8 Å². The number of aryl methyl sites for hydroxylation is 1. The fourth-order valence-corrected chi connectivity index (χ4v) is 3.92. The number of benzene rings is 1. The number of carbonyl (C=O) groups excluding carboxylic acids is 1. The second-order valence-electron chi connectivity index (χ2n) is 6.93. The van der Waals surface area contributed by atoms with Crippen molar-refractivity contribution in [3.63, 3.8) is 0 Å². The predicted molar refractivity (Wildman–Crippen MR) is 120 cm³/mol. The molecule has 1 fully saturated rings. The Bertz CT molecular complexity index is 799. The number of para-hydroxylation sites is 1. The van der Waals surface area contributed by atoms with E-state index < -0.39 is 0 Å². The van der Waals surface area contributed by atoms with Gasteiger partial charge in [0.25, 0.3) is 0 Å². The van der Waals surface area contributed by atoms with E-state index in [1.807, 2.05) is 36.9 Å². The molecular weight excluding hydrogens is 384 g/mol. The summed E-state index contributed by atoms with van der Waals surface area (Å²) in [6, 6.07) is 10.3. The van der Waals surface area contributed by atoms with E-state index in [0.717, 1.165) is 56.4 Å². The summed E-state index contributed by atoms with van der Waals surface area (Å²) < 4.78 is 0. The molecule has 3 rings (SSSR count). The standard InChI is InChI=1S/C21H30N6OS/c1-3-22-21(23-10-9-18-16-29-17(2)25-18)24-15-20(28)27-13-11-26(12-14-27)19-7-5-4-6-8-19/h4-8,16H,3,9-15H2,1-2H3,(H2,22,23,24). The lowest BCUT2D eigenvalue weighted by atomic mass is 10.2. The molecule has 0 aliphatic carbocycles. The van der Waals surface area contributed by atoms with E-state index >= 15 is 0 Å². The van der Waals surface area contributed by atoms with Gasteiger partial charge < -0.3 is 20.4 Å². The molecule has 0 bridgehead atoms. The first-order valence-corrected chi connectivity index (χ1v) is 11.0. The highest BCUT2D eigenvalue weighted by Crippen LogP contribution is 2.15. The van der Waals surface area contributed by atoms with Gasteiger partial charge >= 0.3 is 0 Å². The molecule has 29 heavy (non-hydrogen) atoms. The average Bonchev–Trinajstić information content (AvgIpc) is 3.17. The third kappa shape index (κ3) is 6.45. The highest BCUT2D eigenvalue weighted by molar-refractivity contribution is 7.09. The van der Waals surface area contributed by atoms with Gasteiger partial charge in [0.15, 0.2) is 5.96 Å². The minimum Gasteiger partial charge on any atom is -0.368 e. The van der Waals surface area contributed by atoms with Crippen LogP contribution in [-0.2, 0) is 11.2 Å². The van der Waals surface area contributed by atoms with E-state index in [1.165, 1.54) is 5.69 Å². The van der Waals surface area contributed by atoms with Crippen LogP contribution >= 0.6 is 11.3 Å². The number of amides is 1. The van der Waals surface area contributed by atoms with Crippen molar-refractivity contribution in [3.8, 4) is 0 Å². The molecular formula is C21H30N6OS. The van der Waals surface area contributed by atoms with Crippen LogP contribution in [0.4, 0.5) is 5.69 Å². The van der Waals surface area contributed by atoms with E-state index in [9.17, 15) is 4.79 Å². The number of nitrogens with one attached hydrogen (secondary N) is 2. The number of nitrogens with zero attached hydrogens (tertiary/aromatic N) is 4. The third-order valence-corrected chi connectivity index (χ3v) is 5.63. The fraction of sp³-hybridized carbons (Fsp3) is 0.476. The van der Waals surface area contributed by atoms with Crippen molar-refractivity contribution in [1.82, 2.24) is 20.5 Å². The van der Waals surface area contributed by atoms with Crippen molar-refractivity contribution < 1.29 is 4.79 Å². The molecule has 0 unspecified atom stereocenters. The molecule has 1 aromatic heterocycles. The number of anilines is 1. The van der Waals surface area contributed by atoms with Gasteiger partial charge in [-0.05, 0) is 26.0 Å². The van der Waals surface area contributed by atoms with Gasteiger partial charge in [0.1, 0.15) is 6.54 Å². The average molecular weight is 415 g/mol. The van der Waals surface area contributed by atoms with Crippen LogP contribution in [0.2, 0.25) is 0 Å². The van der Waals surface area contributed by atoms with E-state index in [1.54, 1.807) is 11.3 Å². The summed E-state index contributed by atoms with van der Waals surface area (Å²) in [5, 5.41) is 9.66. The van der Waals surface area contributed by atoms with Crippen LogP contribution in [0.1, 0.15) is 17.6 Å². The number of guanidine groups is 1. The maximum atomic E-state index is 12.6. The second kappa shape index (κ2) is 10.8. The molecule has 8 heteroatoms. The quantitative estimate of drug-likeness (QED) is 0.535. The van der Waals surface area contributed by atoms with Gasteiger partial charge in [-0.3, -0.25) is 4.79 Å². The van der Waals surface area contributed by atoms with Crippen LogP contribution in [-0.4, -0.2) is 67.6 Å². The highest BCUT2D eigenvalue weighted by atomic mass is 32.1. The Balaban J connectivity index is 1.44. The summed E-state index contributed by atoms with van der Waals surface area (Å²) in [7, 11) is 0. The van der Waals surface area contributed by atoms with Crippen LogP contribution in [0.5, 0.6) is 0 Å². The third-order valence-electron chi connectivity index (χ3n) is 4.81. The number of carbonyl (C=O) groups is 1. The second-order valence-corrected chi connectivity index (χ2v) is 8.00.